The van der Waals surface area contributed by atoms with Crippen LogP contribution in [-0.4, -0.2) is 5.11 Å². The molecular weight excluding hydrogens is 325 g/mol. The highest BCUT2D eigenvalue weighted by molar-refractivity contribution is 9.10. The topological polar surface area (TPSA) is 20.2 Å². The molecule has 0 aromatic heterocycles. The van der Waals surface area contributed by atoms with E-state index in [-0.39, 0.29) is 5.56 Å². The summed E-state index contributed by atoms with van der Waals surface area (Å²) < 4.78 is 27.2. The average molecular weight is 334 g/mol. The van der Waals surface area contributed by atoms with Gasteiger partial charge in [0.05, 0.1) is 0 Å². The molecule has 18 heavy (non-hydrogen) atoms. The average Bonchev–Trinajstić information content (AvgIpc) is 2.31. The van der Waals surface area contributed by atoms with Crippen molar-refractivity contribution in [2.45, 2.75) is 6.10 Å². The molecular formula is C13H8BrClF2O. The van der Waals surface area contributed by atoms with E-state index in [1.807, 2.05) is 0 Å². The molecule has 2 rings (SSSR count). The van der Waals surface area contributed by atoms with Crippen molar-refractivity contribution >= 4 is 27.5 Å². The van der Waals surface area contributed by atoms with E-state index in [1.165, 1.54) is 0 Å². The quantitative estimate of drug-likeness (QED) is 0.860. The van der Waals surface area contributed by atoms with Gasteiger partial charge in [0.1, 0.15) is 17.7 Å². The van der Waals surface area contributed by atoms with Crippen molar-refractivity contribution in [1.82, 2.24) is 0 Å². The first-order valence-corrected chi connectivity index (χ1v) is 6.24. The number of hydrogen-bond acceptors (Lipinski definition) is 1. The summed E-state index contributed by atoms with van der Waals surface area (Å²) in [6, 6.07) is 7.67. The van der Waals surface area contributed by atoms with Crippen LogP contribution in [0.15, 0.2) is 40.9 Å². The van der Waals surface area contributed by atoms with E-state index in [2.05, 4.69) is 15.9 Å². The van der Waals surface area contributed by atoms with Gasteiger partial charge in [-0.3, -0.25) is 0 Å². The van der Waals surface area contributed by atoms with Crippen LogP contribution in [0.5, 0.6) is 0 Å². The molecule has 94 valence electrons. The number of hydrogen-bond donors (Lipinski definition) is 1. The third kappa shape index (κ3) is 2.71. The standard InChI is InChI=1S/C13H8BrClF2O/c14-11-5-7(15)1-3-9(11)13(18)10-6-8(16)2-4-12(10)17/h1-6,13,18H. The second kappa shape index (κ2) is 5.34. The maximum Gasteiger partial charge on any atom is 0.129 e. The smallest absolute Gasteiger partial charge is 0.129 e. The van der Waals surface area contributed by atoms with Crippen molar-refractivity contribution in [3.05, 3.63) is 68.7 Å². The van der Waals surface area contributed by atoms with Gasteiger partial charge in [0.25, 0.3) is 0 Å². The fourth-order valence-corrected chi connectivity index (χ4v) is 2.51. The van der Waals surface area contributed by atoms with Gasteiger partial charge in [-0.15, -0.1) is 0 Å². The zero-order chi connectivity index (χ0) is 13.3. The van der Waals surface area contributed by atoms with Gasteiger partial charge in [0.2, 0.25) is 0 Å². The minimum atomic E-state index is -1.26. The summed E-state index contributed by atoms with van der Waals surface area (Å²) >= 11 is 9.01. The van der Waals surface area contributed by atoms with Crippen LogP contribution >= 0.6 is 27.5 Å². The van der Waals surface area contributed by atoms with Gasteiger partial charge in [-0.25, -0.2) is 8.78 Å². The van der Waals surface area contributed by atoms with Gasteiger partial charge in [-0.2, -0.15) is 0 Å². The number of halogens is 4. The first kappa shape index (κ1) is 13.5. The molecule has 0 heterocycles. The molecule has 0 aliphatic rings. The van der Waals surface area contributed by atoms with Gasteiger partial charge in [0, 0.05) is 15.1 Å². The lowest BCUT2D eigenvalue weighted by atomic mass is 10.0. The second-order valence-corrected chi connectivity index (χ2v) is 5.02. The highest BCUT2D eigenvalue weighted by Gasteiger charge is 2.18. The molecule has 0 fully saturated rings. The maximum absolute atomic E-state index is 13.5. The molecule has 1 unspecified atom stereocenters. The molecule has 0 spiro atoms. The number of aliphatic hydroxyl groups excluding tert-OH is 1. The predicted octanol–water partition coefficient (Wildman–Crippen LogP) is 4.46. The van der Waals surface area contributed by atoms with E-state index in [0.717, 1.165) is 18.2 Å². The van der Waals surface area contributed by atoms with Crippen LogP contribution in [0.4, 0.5) is 8.78 Å². The third-order valence-corrected chi connectivity index (χ3v) is 3.43. The normalized spacial score (nSPS) is 12.5. The molecule has 0 radical (unpaired) electrons. The molecule has 2 aromatic rings. The Bertz CT molecular complexity index is 589. The number of rotatable bonds is 2. The highest BCUT2D eigenvalue weighted by atomic mass is 79.9. The van der Waals surface area contributed by atoms with Gasteiger partial charge in [0.15, 0.2) is 0 Å². The van der Waals surface area contributed by atoms with Gasteiger partial charge in [-0.1, -0.05) is 33.6 Å². The lowest BCUT2D eigenvalue weighted by molar-refractivity contribution is 0.213. The van der Waals surface area contributed by atoms with Gasteiger partial charge < -0.3 is 5.11 Å². The summed E-state index contributed by atoms with van der Waals surface area (Å²) in [6.07, 6.45) is -1.26. The molecule has 0 aliphatic carbocycles. The largest absolute Gasteiger partial charge is 0.384 e. The van der Waals surface area contributed by atoms with Crippen molar-refractivity contribution in [2.75, 3.05) is 0 Å². The van der Waals surface area contributed by atoms with Crippen LogP contribution in [-0.2, 0) is 0 Å². The first-order chi connectivity index (χ1) is 8.49. The summed E-state index contributed by atoms with van der Waals surface area (Å²) in [7, 11) is 0. The fraction of sp³-hybridized carbons (Fsp3) is 0.0769. The Morgan fingerprint density at radius 3 is 2.44 bits per heavy atom. The summed E-state index contributed by atoms with van der Waals surface area (Å²) in [4.78, 5) is 0. The van der Waals surface area contributed by atoms with E-state index in [9.17, 15) is 13.9 Å². The zero-order valence-corrected chi connectivity index (χ0v) is 11.3. The van der Waals surface area contributed by atoms with Crippen LogP contribution in [0.3, 0.4) is 0 Å². The summed E-state index contributed by atoms with van der Waals surface area (Å²) in [5.74, 6) is -1.26. The molecule has 0 amide bonds. The summed E-state index contributed by atoms with van der Waals surface area (Å²) in [6.45, 7) is 0. The van der Waals surface area contributed by atoms with E-state index >= 15 is 0 Å². The summed E-state index contributed by atoms with van der Waals surface area (Å²) in [5.41, 5.74) is 0.307. The maximum atomic E-state index is 13.5. The Labute approximate surface area is 116 Å². The molecule has 1 nitrogen and oxygen atoms in total. The summed E-state index contributed by atoms with van der Waals surface area (Å²) in [5, 5.41) is 10.6. The van der Waals surface area contributed by atoms with Gasteiger partial charge in [-0.05, 0) is 35.9 Å². The van der Waals surface area contributed by atoms with Crippen molar-refractivity contribution in [2.24, 2.45) is 0 Å². The van der Waals surface area contributed by atoms with Crippen molar-refractivity contribution in [1.29, 1.82) is 0 Å². The van der Waals surface area contributed by atoms with Crippen LogP contribution in [0.2, 0.25) is 5.02 Å². The number of benzene rings is 2. The zero-order valence-electron chi connectivity index (χ0n) is 9.00. The van der Waals surface area contributed by atoms with E-state index in [1.54, 1.807) is 18.2 Å². The lowest BCUT2D eigenvalue weighted by Gasteiger charge is -2.14. The molecule has 5 heteroatoms. The van der Waals surface area contributed by atoms with Crippen molar-refractivity contribution in [3.8, 4) is 0 Å². The molecule has 0 bridgehead atoms. The minimum Gasteiger partial charge on any atom is -0.384 e. The van der Waals surface area contributed by atoms with Crippen LogP contribution in [0, 0.1) is 11.6 Å². The Morgan fingerprint density at radius 1 is 1.06 bits per heavy atom. The molecule has 0 saturated carbocycles. The Kier molecular flexibility index (Phi) is 4.00. The SMILES string of the molecule is OC(c1cc(F)ccc1F)c1ccc(Cl)cc1Br. The van der Waals surface area contributed by atoms with E-state index in [0.29, 0.717) is 15.1 Å². The van der Waals surface area contributed by atoms with Gasteiger partial charge >= 0.3 is 0 Å². The molecule has 1 N–H and O–H groups in total. The monoisotopic (exact) mass is 332 g/mol. The fourth-order valence-electron chi connectivity index (χ4n) is 1.61. The second-order valence-electron chi connectivity index (χ2n) is 3.73. The van der Waals surface area contributed by atoms with E-state index in [4.69, 9.17) is 11.6 Å². The Morgan fingerprint density at radius 2 is 1.78 bits per heavy atom. The lowest BCUT2D eigenvalue weighted by Crippen LogP contribution is -2.04. The number of aliphatic hydroxyl groups is 1. The van der Waals surface area contributed by atoms with Crippen LogP contribution < -0.4 is 0 Å². The first-order valence-electron chi connectivity index (χ1n) is 5.07. The minimum absolute atomic E-state index is 0.113. The van der Waals surface area contributed by atoms with Crippen LogP contribution in [0.25, 0.3) is 0 Å². The molecule has 0 saturated heterocycles. The molecule has 1 atom stereocenters. The van der Waals surface area contributed by atoms with Crippen molar-refractivity contribution < 1.29 is 13.9 Å². The van der Waals surface area contributed by atoms with E-state index < -0.39 is 17.7 Å². The highest BCUT2D eigenvalue weighted by Crippen LogP contribution is 2.31. The van der Waals surface area contributed by atoms with Crippen LogP contribution in [0.1, 0.15) is 17.2 Å². The molecule has 2 aromatic carbocycles. The van der Waals surface area contributed by atoms with Crippen molar-refractivity contribution in [3.63, 3.8) is 0 Å². The predicted molar refractivity (Wildman–Crippen MR) is 69.6 cm³/mol. The molecule has 0 aliphatic heterocycles. The Hall–Kier alpha value is -0.970. The Balaban J connectivity index is 2.47. The third-order valence-electron chi connectivity index (χ3n) is 2.51.